The fourth-order valence-electron chi connectivity index (χ4n) is 3.02. The van der Waals surface area contributed by atoms with Crippen LogP contribution < -0.4 is 0 Å². The number of ether oxygens (including phenoxy) is 1. The maximum atomic E-state index is 5.69. The highest BCUT2D eigenvalue weighted by Crippen LogP contribution is 2.35. The van der Waals surface area contributed by atoms with Crippen molar-refractivity contribution >= 4 is 0 Å². The molecule has 0 N–H and O–H groups in total. The highest BCUT2D eigenvalue weighted by atomic mass is 16.5. The Bertz CT molecular complexity index is 197. The van der Waals surface area contributed by atoms with Crippen molar-refractivity contribution in [1.29, 1.82) is 0 Å². The second-order valence-electron chi connectivity index (χ2n) is 5.70. The van der Waals surface area contributed by atoms with Crippen LogP contribution in [0.4, 0.5) is 0 Å². The van der Waals surface area contributed by atoms with E-state index in [9.17, 15) is 0 Å². The summed E-state index contributed by atoms with van der Waals surface area (Å²) in [5.74, 6) is 0.803. The number of hydrogen-bond acceptors (Lipinski definition) is 2. The summed E-state index contributed by atoms with van der Waals surface area (Å²) in [5.41, 5.74) is 0.307. The monoisotopic (exact) mass is 197 g/mol. The van der Waals surface area contributed by atoms with E-state index in [-0.39, 0.29) is 0 Å². The Labute approximate surface area is 87.6 Å². The number of hydrogen-bond donors (Lipinski definition) is 0. The molecule has 2 fully saturated rings. The molecule has 2 aliphatic rings. The minimum Gasteiger partial charge on any atom is -0.380 e. The molecule has 2 rings (SSSR count). The van der Waals surface area contributed by atoms with E-state index >= 15 is 0 Å². The first-order chi connectivity index (χ1) is 6.59. The third-order valence-corrected chi connectivity index (χ3v) is 3.69. The second kappa shape index (κ2) is 3.82. The summed E-state index contributed by atoms with van der Waals surface area (Å²) in [6.07, 6.45) is 4.15. The first-order valence-electron chi connectivity index (χ1n) is 5.93. The maximum absolute atomic E-state index is 5.69. The highest BCUT2D eigenvalue weighted by molar-refractivity contribution is 4.92. The van der Waals surface area contributed by atoms with E-state index in [4.69, 9.17) is 4.74 Å². The molecule has 14 heavy (non-hydrogen) atoms. The molecule has 1 saturated heterocycles. The Morgan fingerprint density at radius 2 is 2.00 bits per heavy atom. The molecular formula is C12H23NO. The van der Waals surface area contributed by atoms with Crippen molar-refractivity contribution in [3.05, 3.63) is 0 Å². The predicted octanol–water partition coefficient (Wildman–Crippen LogP) is 2.29. The van der Waals surface area contributed by atoms with Crippen LogP contribution in [0, 0.1) is 5.92 Å². The molecule has 1 heterocycles. The molecule has 0 radical (unpaired) electrons. The van der Waals surface area contributed by atoms with Crippen LogP contribution in [0.2, 0.25) is 0 Å². The minimum absolute atomic E-state index is 0.307. The first-order valence-corrected chi connectivity index (χ1v) is 5.93. The zero-order chi connectivity index (χ0) is 10.2. The van der Waals surface area contributed by atoms with Gasteiger partial charge in [-0.15, -0.1) is 0 Å². The Morgan fingerprint density at radius 3 is 2.71 bits per heavy atom. The fourth-order valence-corrected chi connectivity index (χ4v) is 3.02. The van der Waals surface area contributed by atoms with Crippen molar-refractivity contribution < 1.29 is 4.74 Å². The Hall–Kier alpha value is -0.0800. The molecular weight excluding hydrogens is 174 g/mol. The smallest absolute Gasteiger partial charge is 0.0593 e. The fraction of sp³-hybridized carbons (Fsp3) is 1.00. The first kappa shape index (κ1) is 10.4. The summed E-state index contributed by atoms with van der Waals surface area (Å²) in [4.78, 5) is 2.66. The minimum atomic E-state index is 0.307. The lowest BCUT2D eigenvalue weighted by atomic mass is 9.97. The van der Waals surface area contributed by atoms with Crippen LogP contribution in [-0.4, -0.2) is 36.2 Å². The molecule has 2 atom stereocenters. The summed E-state index contributed by atoms with van der Waals surface area (Å²) in [6, 6.07) is 0.789. The van der Waals surface area contributed by atoms with Gasteiger partial charge in [0, 0.05) is 18.1 Å². The molecule has 2 nitrogen and oxygen atoms in total. The van der Waals surface area contributed by atoms with E-state index in [2.05, 4.69) is 25.7 Å². The largest absolute Gasteiger partial charge is 0.380 e. The average Bonchev–Trinajstić information content (AvgIpc) is 2.42. The Balaban J connectivity index is 2.13. The Morgan fingerprint density at radius 1 is 1.21 bits per heavy atom. The normalized spacial score (nSPS) is 35.4. The molecule has 1 saturated carbocycles. The third-order valence-electron chi connectivity index (χ3n) is 3.69. The number of fused-ring (bicyclic) bond motifs is 1. The zero-order valence-corrected chi connectivity index (χ0v) is 9.75. The van der Waals surface area contributed by atoms with Crippen LogP contribution in [0.3, 0.4) is 0 Å². The van der Waals surface area contributed by atoms with Crippen molar-refractivity contribution in [1.82, 2.24) is 4.90 Å². The van der Waals surface area contributed by atoms with Gasteiger partial charge in [0.2, 0.25) is 0 Å². The van der Waals surface area contributed by atoms with Crippen molar-refractivity contribution in [3.8, 4) is 0 Å². The van der Waals surface area contributed by atoms with Crippen LogP contribution in [0.15, 0.2) is 0 Å². The molecule has 0 bridgehead atoms. The standard InChI is InChI=1S/C12H23NO/c1-12(2,3)13-7-8-14-9-10-5-4-6-11(10)13/h10-11H,4-9H2,1-3H3. The molecule has 1 aliphatic carbocycles. The molecule has 0 spiro atoms. The second-order valence-corrected chi connectivity index (χ2v) is 5.70. The molecule has 1 aliphatic heterocycles. The van der Waals surface area contributed by atoms with Gasteiger partial charge in [0.25, 0.3) is 0 Å². The van der Waals surface area contributed by atoms with E-state index in [0.717, 1.165) is 31.7 Å². The molecule has 0 aromatic rings. The molecule has 2 heteroatoms. The highest BCUT2D eigenvalue weighted by Gasteiger charge is 2.38. The van der Waals surface area contributed by atoms with Crippen molar-refractivity contribution in [3.63, 3.8) is 0 Å². The predicted molar refractivity (Wildman–Crippen MR) is 58.4 cm³/mol. The SMILES string of the molecule is CC(C)(C)N1CCOCC2CCCC21. The van der Waals surface area contributed by atoms with Gasteiger partial charge in [0.1, 0.15) is 0 Å². The molecule has 2 unspecified atom stereocenters. The maximum Gasteiger partial charge on any atom is 0.0593 e. The molecule has 82 valence electrons. The lowest BCUT2D eigenvalue weighted by Crippen LogP contribution is -2.49. The van der Waals surface area contributed by atoms with Gasteiger partial charge in [-0.25, -0.2) is 0 Å². The molecule has 0 aromatic heterocycles. The average molecular weight is 197 g/mol. The van der Waals surface area contributed by atoms with Crippen molar-refractivity contribution in [2.24, 2.45) is 5.92 Å². The summed E-state index contributed by atoms with van der Waals surface area (Å²) >= 11 is 0. The van der Waals surface area contributed by atoms with Gasteiger partial charge in [-0.1, -0.05) is 6.42 Å². The van der Waals surface area contributed by atoms with E-state index in [1.165, 1.54) is 19.3 Å². The van der Waals surface area contributed by atoms with Gasteiger partial charge in [0.15, 0.2) is 0 Å². The van der Waals surface area contributed by atoms with Gasteiger partial charge in [-0.05, 0) is 39.5 Å². The Kier molecular flexibility index (Phi) is 2.85. The lowest BCUT2D eigenvalue weighted by Gasteiger charge is -2.40. The van der Waals surface area contributed by atoms with Crippen molar-refractivity contribution in [2.75, 3.05) is 19.8 Å². The lowest BCUT2D eigenvalue weighted by molar-refractivity contribution is 0.0739. The van der Waals surface area contributed by atoms with E-state index in [1.54, 1.807) is 0 Å². The summed E-state index contributed by atoms with van der Waals surface area (Å²) in [7, 11) is 0. The van der Waals surface area contributed by atoms with Crippen LogP contribution >= 0.6 is 0 Å². The molecule has 0 amide bonds. The summed E-state index contributed by atoms with van der Waals surface area (Å²) < 4.78 is 5.69. The van der Waals surface area contributed by atoms with E-state index in [1.807, 2.05) is 0 Å². The number of rotatable bonds is 0. The van der Waals surface area contributed by atoms with E-state index in [0.29, 0.717) is 5.54 Å². The van der Waals surface area contributed by atoms with Crippen LogP contribution in [0.25, 0.3) is 0 Å². The van der Waals surface area contributed by atoms with Gasteiger partial charge in [-0.2, -0.15) is 0 Å². The quantitative estimate of drug-likeness (QED) is 0.591. The van der Waals surface area contributed by atoms with Gasteiger partial charge >= 0.3 is 0 Å². The van der Waals surface area contributed by atoms with Gasteiger partial charge in [-0.3, -0.25) is 4.90 Å². The van der Waals surface area contributed by atoms with E-state index < -0.39 is 0 Å². The van der Waals surface area contributed by atoms with Gasteiger partial charge in [0.05, 0.1) is 13.2 Å². The summed E-state index contributed by atoms with van der Waals surface area (Å²) in [6.45, 7) is 10.0. The zero-order valence-electron chi connectivity index (χ0n) is 9.75. The van der Waals surface area contributed by atoms with Crippen LogP contribution in [-0.2, 0) is 4.74 Å². The molecule has 0 aromatic carbocycles. The van der Waals surface area contributed by atoms with Crippen LogP contribution in [0.5, 0.6) is 0 Å². The van der Waals surface area contributed by atoms with Gasteiger partial charge < -0.3 is 4.74 Å². The van der Waals surface area contributed by atoms with Crippen molar-refractivity contribution in [2.45, 2.75) is 51.6 Å². The topological polar surface area (TPSA) is 12.5 Å². The summed E-state index contributed by atoms with van der Waals surface area (Å²) in [5, 5.41) is 0. The van der Waals surface area contributed by atoms with Crippen LogP contribution in [0.1, 0.15) is 40.0 Å². The number of nitrogens with zero attached hydrogens (tertiary/aromatic N) is 1. The third kappa shape index (κ3) is 1.96.